The largest absolute Gasteiger partial charge is 0.586 e. The highest BCUT2D eigenvalue weighted by atomic mass is 19.3. The molecule has 1 aliphatic carbocycles. The van der Waals surface area contributed by atoms with Crippen LogP contribution < -0.4 is 20.3 Å². The highest BCUT2D eigenvalue weighted by Gasteiger charge is 2.53. The topological polar surface area (TPSA) is 93.3 Å². The molecule has 0 spiro atoms. The number of nitrogens with one attached hydrogen (secondary N) is 2. The standard InChI is InChI=1S/C22H16F3N3O4/c1-11-2-5-17(27-18(11)12-8-14(23)19(29)26-10-12)28-20(30)21(6-7-21)13-3-4-15-16(9-13)32-22(24,25)31-15/h2-5,8-10H,6-7H2,1H3,(H,26,29)(H,27,28,30). The normalized spacial score (nSPS) is 17.1. The lowest BCUT2D eigenvalue weighted by Crippen LogP contribution is -2.28. The molecule has 0 bridgehead atoms. The minimum atomic E-state index is -3.73. The Morgan fingerprint density at radius 3 is 2.59 bits per heavy atom. The summed E-state index contributed by atoms with van der Waals surface area (Å²) in [7, 11) is 0. The molecule has 1 amide bonds. The van der Waals surface area contributed by atoms with E-state index in [2.05, 4.69) is 24.8 Å². The van der Waals surface area contributed by atoms with Crippen molar-refractivity contribution in [1.82, 2.24) is 9.97 Å². The number of alkyl halides is 2. The first-order valence-corrected chi connectivity index (χ1v) is 9.75. The first-order valence-electron chi connectivity index (χ1n) is 9.75. The zero-order chi connectivity index (χ0) is 22.7. The van der Waals surface area contributed by atoms with Gasteiger partial charge in [0, 0.05) is 11.8 Å². The van der Waals surface area contributed by atoms with Gasteiger partial charge in [-0.3, -0.25) is 9.59 Å². The maximum absolute atomic E-state index is 13.7. The maximum atomic E-state index is 13.7. The van der Waals surface area contributed by atoms with E-state index in [-0.39, 0.29) is 23.2 Å². The molecule has 1 aliphatic heterocycles. The van der Waals surface area contributed by atoms with E-state index in [1.165, 1.54) is 18.3 Å². The van der Waals surface area contributed by atoms with Crippen molar-refractivity contribution in [2.45, 2.75) is 31.5 Å². The molecule has 2 aliphatic rings. The predicted molar refractivity (Wildman–Crippen MR) is 107 cm³/mol. The molecule has 164 valence electrons. The van der Waals surface area contributed by atoms with Gasteiger partial charge in [-0.15, -0.1) is 8.78 Å². The van der Waals surface area contributed by atoms with Crippen molar-refractivity contribution in [3.05, 3.63) is 69.9 Å². The van der Waals surface area contributed by atoms with Crippen LogP contribution >= 0.6 is 0 Å². The number of amides is 1. The van der Waals surface area contributed by atoms with E-state index in [9.17, 15) is 22.8 Å². The van der Waals surface area contributed by atoms with E-state index in [1.54, 1.807) is 25.1 Å². The van der Waals surface area contributed by atoms with E-state index in [4.69, 9.17) is 0 Å². The Balaban J connectivity index is 1.41. The number of halogens is 3. The number of rotatable bonds is 4. The molecule has 7 nitrogen and oxygen atoms in total. The lowest BCUT2D eigenvalue weighted by atomic mass is 9.94. The summed E-state index contributed by atoms with van der Waals surface area (Å²) in [5.74, 6) is -1.27. The second-order valence-electron chi connectivity index (χ2n) is 7.79. The summed E-state index contributed by atoms with van der Waals surface area (Å²) >= 11 is 0. The van der Waals surface area contributed by atoms with E-state index in [0.29, 0.717) is 35.2 Å². The van der Waals surface area contributed by atoms with Crippen LogP contribution in [0.4, 0.5) is 19.0 Å². The van der Waals surface area contributed by atoms with Crippen LogP contribution in [0.3, 0.4) is 0 Å². The van der Waals surface area contributed by atoms with Gasteiger partial charge < -0.3 is 19.8 Å². The Bertz CT molecular complexity index is 1320. The van der Waals surface area contributed by atoms with Crippen LogP contribution in [0.2, 0.25) is 0 Å². The molecule has 5 rings (SSSR count). The Labute approximate surface area is 179 Å². The molecular weight excluding hydrogens is 427 g/mol. The third-order valence-electron chi connectivity index (χ3n) is 5.61. The summed E-state index contributed by atoms with van der Waals surface area (Å²) in [6.45, 7) is 1.77. The summed E-state index contributed by atoms with van der Waals surface area (Å²) in [6.07, 6.45) is -1.34. The average Bonchev–Trinajstić information content (AvgIpc) is 3.48. The van der Waals surface area contributed by atoms with Gasteiger partial charge in [0.1, 0.15) is 5.82 Å². The number of pyridine rings is 2. The first-order chi connectivity index (χ1) is 15.2. The molecule has 1 saturated carbocycles. The monoisotopic (exact) mass is 443 g/mol. The second kappa shape index (κ2) is 6.84. The third-order valence-corrected chi connectivity index (χ3v) is 5.61. The number of aromatic amines is 1. The number of hydrogen-bond acceptors (Lipinski definition) is 5. The molecule has 2 aromatic heterocycles. The Morgan fingerprint density at radius 2 is 1.88 bits per heavy atom. The zero-order valence-electron chi connectivity index (χ0n) is 16.7. The molecule has 1 aromatic carbocycles. The van der Waals surface area contributed by atoms with Crippen molar-refractivity contribution in [1.29, 1.82) is 0 Å². The number of nitrogens with zero attached hydrogens (tertiary/aromatic N) is 1. The van der Waals surface area contributed by atoms with Crippen LogP contribution in [0, 0.1) is 12.7 Å². The molecule has 1 fully saturated rings. The number of carbonyl (C=O) groups is 1. The molecule has 0 saturated heterocycles. The summed E-state index contributed by atoms with van der Waals surface area (Å²) in [5.41, 5.74) is 0.264. The summed E-state index contributed by atoms with van der Waals surface area (Å²) < 4.78 is 49.2. The van der Waals surface area contributed by atoms with Crippen LogP contribution in [0.15, 0.2) is 47.4 Å². The molecule has 0 atom stereocenters. The van der Waals surface area contributed by atoms with Crippen LogP contribution in [0.25, 0.3) is 11.3 Å². The van der Waals surface area contributed by atoms with Crippen molar-refractivity contribution in [3.8, 4) is 22.8 Å². The van der Waals surface area contributed by atoms with Crippen LogP contribution in [0.1, 0.15) is 24.0 Å². The van der Waals surface area contributed by atoms with E-state index >= 15 is 0 Å². The SMILES string of the molecule is Cc1ccc(NC(=O)C2(c3ccc4c(c3)OC(F)(F)O4)CC2)nc1-c1c[nH]c(=O)c(F)c1. The highest BCUT2D eigenvalue weighted by Crippen LogP contribution is 2.52. The molecule has 3 heterocycles. The van der Waals surface area contributed by atoms with Gasteiger partial charge in [-0.25, -0.2) is 9.37 Å². The number of anilines is 1. The molecule has 2 N–H and O–H groups in total. The van der Waals surface area contributed by atoms with Gasteiger partial charge in [-0.2, -0.15) is 0 Å². The summed E-state index contributed by atoms with van der Waals surface area (Å²) in [4.78, 5) is 31.1. The lowest BCUT2D eigenvalue weighted by molar-refractivity contribution is -0.286. The minimum Gasteiger partial charge on any atom is -0.395 e. The Kier molecular flexibility index (Phi) is 4.30. The number of carbonyl (C=O) groups excluding carboxylic acids is 1. The van der Waals surface area contributed by atoms with Gasteiger partial charge >= 0.3 is 6.29 Å². The number of aryl methyl sites for hydroxylation is 1. The third kappa shape index (κ3) is 3.37. The maximum Gasteiger partial charge on any atom is 0.586 e. The fourth-order valence-electron chi connectivity index (χ4n) is 3.74. The van der Waals surface area contributed by atoms with Gasteiger partial charge in [0.2, 0.25) is 5.91 Å². The number of fused-ring (bicyclic) bond motifs is 1. The highest BCUT2D eigenvalue weighted by molar-refractivity contribution is 6.01. The van der Waals surface area contributed by atoms with Gasteiger partial charge in [0.15, 0.2) is 17.3 Å². The van der Waals surface area contributed by atoms with E-state index in [0.717, 1.165) is 6.07 Å². The van der Waals surface area contributed by atoms with Crippen molar-refractivity contribution in [2.24, 2.45) is 0 Å². The summed E-state index contributed by atoms with van der Waals surface area (Å²) in [6, 6.07) is 8.70. The average molecular weight is 443 g/mol. The smallest absolute Gasteiger partial charge is 0.395 e. The number of hydrogen-bond donors (Lipinski definition) is 2. The number of ether oxygens (including phenoxy) is 2. The van der Waals surface area contributed by atoms with Crippen molar-refractivity contribution >= 4 is 11.7 Å². The molecule has 10 heteroatoms. The molecular formula is C22H16F3N3O4. The molecule has 0 radical (unpaired) electrons. The zero-order valence-corrected chi connectivity index (χ0v) is 16.7. The second-order valence-corrected chi connectivity index (χ2v) is 7.79. The quantitative estimate of drug-likeness (QED) is 0.639. The molecule has 0 unspecified atom stereocenters. The number of H-pyrrole nitrogens is 1. The van der Waals surface area contributed by atoms with E-state index in [1.807, 2.05) is 0 Å². The van der Waals surface area contributed by atoms with Crippen molar-refractivity contribution in [2.75, 3.05) is 5.32 Å². The van der Waals surface area contributed by atoms with Crippen molar-refractivity contribution in [3.63, 3.8) is 0 Å². The van der Waals surface area contributed by atoms with Crippen LogP contribution in [0.5, 0.6) is 11.5 Å². The number of benzene rings is 1. The van der Waals surface area contributed by atoms with E-state index < -0.39 is 23.1 Å². The van der Waals surface area contributed by atoms with Gasteiger partial charge in [0.05, 0.1) is 11.1 Å². The van der Waals surface area contributed by atoms with Crippen LogP contribution in [-0.4, -0.2) is 22.2 Å². The Morgan fingerprint density at radius 1 is 1.12 bits per heavy atom. The predicted octanol–water partition coefficient (Wildman–Crippen LogP) is 3.88. The Hall–Kier alpha value is -3.82. The minimum absolute atomic E-state index is 0.0899. The van der Waals surface area contributed by atoms with Crippen LogP contribution in [-0.2, 0) is 10.2 Å². The number of aromatic nitrogens is 2. The summed E-state index contributed by atoms with van der Waals surface area (Å²) in [5, 5.41) is 2.75. The van der Waals surface area contributed by atoms with Gasteiger partial charge in [-0.05, 0) is 55.2 Å². The van der Waals surface area contributed by atoms with Gasteiger partial charge in [0.25, 0.3) is 5.56 Å². The first kappa shape index (κ1) is 20.1. The molecule has 32 heavy (non-hydrogen) atoms. The van der Waals surface area contributed by atoms with Gasteiger partial charge in [-0.1, -0.05) is 12.1 Å². The fourth-order valence-corrected chi connectivity index (χ4v) is 3.74. The fraction of sp³-hybridized carbons (Fsp3) is 0.227. The van der Waals surface area contributed by atoms with Crippen molar-refractivity contribution < 1.29 is 27.4 Å². The molecule has 3 aromatic rings. The lowest BCUT2D eigenvalue weighted by Gasteiger charge is -2.16.